The van der Waals surface area contributed by atoms with Crippen molar-refractivity contribution in [2.75, 3.05) is 0 Å². The fraction of sp³-hybridized carbons (Fsp3) is 0.300. The SMILES string of the molecule is Cc1ccc(C(N=[CH][AlH2])C(F)(F)F)cc1. The van der Waals surface area contributed by atoms with Gasteiger partial charge in [0.25, 0.3) is 16.3 Å². The van der Waals surface area contributed by atoms with Crippen molar-refractivity contribution in [3.05, 3.63) is 35.4 Å². The smallest absolute Gasteiger partial charge is 0.299 e. The summed E-state index contributed by atoms with van der Waals surface area (Å²) in [4.78, 5) is 3.51. The molecule has 1 aromatic rings. The first-order valence-corrected chi connectivity index (χ1v) is 5.71. The molecule has 0 spiro atoms. The summed E-state index contributed by atoms with van der Waals surface area (Å²) in [6, 6.07) is 4.56. The van der Waals surface area contributed by atoms with E-state index in [1.165, 1.54) is 17.2 Å². The Morgan fingerprint density at radius 1 is 1.27 bits per heavy atom. The molecule has 0 radical (unpaired) electrons. The second-order valence-electron chi connectivity index (χ2n) is 3.26. The summed E-state index contributed by atoms with van der Waals surface area (Å²) in [7, 11) is 0. The molecule has 1 nitrogen and oxygen atoms in total. The Hall–Kier alpha value is -0.788. The van der Waals surface area contributed by atoms with Crippen LogP contribution in [0.2, 0.25) is 0 Å². The molecule has 1 unspecified atom stereocenters. The number of rotatable bonds is 2. The summed E-state index contributed by atoms with van der Waals surface area (Å²) in [5, 5.41) is 1.32. The first-order valence-electron chi connectivity index (χ1n) is 4.56. The zero-order chi connectivity index (χ0) is 11.5. The monoisotopic (exact) mass is 229 g/mol. The van der Waals surface area contributed by atoms with Crippen molar-refractivity contribution >= 4 is 21.4 Å². The molecule has 0 saturated carbocycles. The van der Waals surface area contributed by atoms with E-state index in [4.69, 9.17) is 0 Å². The lowest BCUT2D eigenvalue weighted by atomic mass is 10.1. The van der Waals surface area contributed by atoms with Crippen LogP contribution in [0.5, 0.6) is 0 Å². The van der Waals surface area contributed by atoms with Gasteiger partial charge in [-0.05, 0) is 12.5 Å². The van der Waals surface area contributed by atoms with Crippen LogP contribution in [0.25, 0.3) is 0 Å². The predicted octanol–water partition coefficient (Wildman–Crippen LogP) is 2.26. The molecule has 80 valence electrons. The average Bonchev–Trinajstić information content (AvgIpc) is 2.14. The standard InChI is InChI=1S/C10H9F3N.Al.2H/c1-7-3-5-8(6-4-7)9(14-2)10(11,12)13;;;/h2-6,9H,1H3;;;. The molecular formula is C10H11AlF3N. The highest BCUT2D eigenvalue weighted by molar-refractivity contribution is 6.49. The van der Waals surface area contributed by atoms with Crippen LogP contribution < -0.4 is 0 Å². The molecule has 15 heavy (non-hydrogen) atoms. The van der Waals surface area contributed by atoms with E-state index in [0.29, 0.717) is 16.3 Å². The van der Waals surface area contributed by atoms with Gasteiger partial charge in [0.1, 0.15) is 0 Å². The first-order chi connectivity index (χ1) is 6.95. The molecule has 0 N–H and O–H groups in total. The van der Waals surface area contributed by atoms with Crippen LogP contribution in [0.1, 0.15) is 17.2 Å². The van der Waals surface area contributed by atoms with E-state index < -0.39 is 12.2 Å². The third-order valence-corrected chi connectivity index (χ3v) is 2.30. The summed E-state index contributed by atoms with van der Waals surface area (Å²) in [6.45, 7) is 1.84. The minimum Gasteiger partial charge on any atom is -0.299 e. The predicted molar refractivity (Wildman–Crippen MR) is 57.0 cm³/mol. The van der Waals surface area contributed by atoms with Crippen molar-refractivity contribution in [3.63, 3.8) is 0 Å². The van der Waals surface area contributed by atoms with Crippen molar-refractivity contribution in [2.24, 2.45) is 4.99 Å². The van der Waals surface area contributed by atoms with Crippen LogP contribution >= 0.6 is 0 Å². The van der Waals surface area contributed by atoms with Crippen LogP contribution in [-0.4, -0.2) is 27.5 Å². The second kappa shape index (κ2) is 4.82. The van der Waals surface area contributed by atoms with Crippen LogP contribution in [-0.2, 0) is 0 Å². The molecule has 0 aliphatic carbocycles. The van der Waals surface area contributed by atoms with Gasteiger partial charge in [-0.25, -0.2) is 0 Å². The van der Waals surface area contributed by atoms with Gasteiger partial charge in [0.05, 0.1) is 0 Å². The van der Waals surface area contributed by atoms with Crippen molar-refractivity contribution in [3.8, 4) is 0 Å². The van der Waals surface area contributed by atoms with Crippen molar-refractivity contribution < 1.29 is 13.2 Å². The number of hydrogen-bond donors (Lipinski definition) is 0. The molecule has 1 rings (SSSR count). The summed E-state index contributed by atoms with van der Waals surface area (Å²) in [6.07, 6.45) is -4.31. The number of aliphatic imine (C=N–C) groups is 1. The average molecular weight is 229 g/mol. The van der Waals surface area contributed by atoms with Crippen molar-refractivity contribution in [1.29, 1.82) is 0 Å². The first kappa shape index (κ1) is 12.3. The fourth-order valence-electron chi connectivity index (χ4n) is 1.26. The van der Waals surface area contributed by atoms with Crippen LogP contribution in [0, 0.1) is 6.92 Å². The van der Waals surface area contributed by atoms with Gasteiger partial charge in [0.15, 0.2) is 6.04 Å². The Kier molecular flexibility index (Phi) is 3.95. The molecule has 0 bridgehead atoms. The Balaban J connectivity index is 3.05. The molecule has 0 saturated heterocycles. The van der Waals surface area contributed by atoms with Gasteiger partial charge in [-0.2, -0.15) is 13.2 Å². The lowest BCUT2D eigenvalue weighted by Gasteiger charge is -2.16. The van der Waals surface area contributed by atoms with Crippen LogP contribution in [0.4, 0.5) is 13.2 Å². The van der Waals surface area contributed by atoms with Gasteiger partial charge in [0.2, 0.25) is 0 Å². The normalized spacial score (nSPS) is 14.4. The molecule has 0 aliphatic rings. The molecule has 0 aromatic heterocycles. The highest BCUT2D eigenvalue weighted by Gasteiger charge is 2.40. The minimum atomic E-state index is -4.31. The minimum absolute atomic E-state index is 0.195. The van der Waals surface area contributed by atoms with E-state index in [9.17, 15) is 13.2 Å². The van der Waals surface area contributed by atoms with Gasteiger partial charge in [-0.3, -0.25) is 4.99 Å². The number of hydrogen-bond acceptors (Lipinski definition) is 1. The maximum atomic E-state index is 12.6. The van der Waals surface area contributed by atoms with E-state index in [1.807, 2.05) is 6.92 Å². The number of halogens is 3. The Labute approximate surface area is 94.4 Å². The quantitative estimate of drug-likeness (QED) is 0.545. The van der Waals surface area contributed by atoms with E-state index >= 15 is 0 Å². The molecule has 0 aliphatic heterocycles. The number of aryl methyl sites for hydroxylation is 1. The Bertz CT molecular complexity index is 343. The maximum absolute atomic E-state index is 12.6. The van der Waals surface area contributed by atoms with E-state index in [1.54, 1.807) is 12.1 Å². The molecule has 0 heterocycles. The molecule has 5 heteroatoms. The topological polar surface area (TPSA) is 12.4 Å². The largest absolute Gasteiger partial charge is 0.414 e. The lowest BCUT2D eigenvalue weighted by molar-refractivity contribution is -0.148. The zero-order valence-corrected chi connectivity index (χ0v) is 10.5. The summed E-state index contributed by atoms with van der Waals surface area (Å²) >= 11 is 0.528. The fourth-order valence-corrected chi connectivity index (χ4v) is 1.56. The molecule has 1 aromatic carbocycles. The lowest BCUT2D eigenvalue weighted by Crippen LogP contribution is -2.19. The van der Waals surface area contributed by atoms with Crippen LogP contribution in [0.15, 0.2) is 29.3 Å². The van der Waals surface area contributed by atoms with Gasteiger partial charge in [-0.15, -0.1) is 0 Å². The van der Waals surface area contributed by atoms with E-state index in [0.717, 1.165) is 5.56 Å². The summed E-state index contributed by atoms with van der Waals surface area (Å²) in [5.41, 5.74) is 1.13. The second-order valence-corrected chi connectivity index (χ2v) is 3.78. The zero-order valence-electron chi connectivity index (χ0n) is 8.55. The highest BCUT2D eigenvalue weighted by atomic mass is 27.0. The van der Waals surface area contributed by atoms with E-state index in [-0.39, 0.29) is 5.56 Å². The molecule has 1 atom stereocenters. The highest BCUT2D eigenvalue weighted by Crippen LogP contribution is 2.35. The summed E-state index contributed by atoms with van der Waals surface area (Å²) < 4.78 is 37.8. The van der Waals surface area contributed by atoms with Crippen LogP contribution in [0.3, 0.4) is 0 Å². The van der Waals surface area contributed by atoms with E-state index in [2.05, 4.69) is 4.99 Å². The maximum Gasteiger partial charge on any atom is 0.414 e. The van der Waals surface area contributed by atoms with Gasteiger partial charge in [-0.1, -0.05) is 34.9 Å². The van der Waals surface area contributed by atoms with Crippen molar-refractivity contribution in [1.82, 2.24) is 0 Å². The number of nitrogens with zero attached hydrogens (tertiary/aromatic N) is 1. The number of benzene rings is 1. The molecule has 0 amide bonds. The van der Waals surface area contributed by atoms with Gasteiger partial charge >= 0.3 is 6.18 Å². The van der Waals surface area contributed by atoms with Gasteiger partial charge < -0.3 is 0 Å². The Morgan fingerprint density at radius 2 is 1.80 bits per heavy atom. The molecule has 0 fully saturated rings. The summed E-state index contributed by atoms with van der Waals surface area (Å²) in [5.74, 6) is 0. The third kappa shape index (κ3) is 3.37. The number of alkyl halides is 3. The third-order valence-electron chi connectivity index (χ3n) is 2.00. The molecular weight excluding hydrogens is 218 g/mol. The van der Waals surface area contributed by atoms with Crippen molar-refractivity contribution in [2.45, 2.75) is 19.1 Å². The Morgan fingerprint density at radius 3 is 2.20 bits per heavy atom. The van der Waals surface area contributed by atoms with Gasteiger partial charge in [0, 0.05) is 0 Å².